The third-order valence-electron chi connectivity index (χ3n) is 4.40. The topological polar surface area (TPSA) is 94.9 Å². The summed E-state index contributed by atoms with van der Waals surface area (Å²) in [5.74, 6) is -0.00922. The lowest BCUT2D eigenvalue weighted by Gasteiger charge is -2.34. The van der Waals surface area contributed by atoms with Crippen molar-refractivity contribution in [3.63, 3.8) is 0 Å². The Labute approximate surface area is 163 Å². The molecule has 1 aromatic heterocycles. The summed E-state index contributed by atoms with van der Waals surface area (Å²) in [6.07, 6.45) is 1.47. The first-order valence-corrected chi connectivity index (χ1v) is 9.23. The summed E-state index contributed by atoms with van der Waals surface area (Å²) in [7, 11) is 0. The lowest BCUT2D eigenvalue weighted by Crippen LogP contribution is -2.51. The molecular formula is C20H24N4O4. The molecular weight excluding hydrogens is 360 g/mol. The number of hydrogen-bond donors (Lipinski definition) is 2. The molecule has 0 atom stereocenters. The van der Waals surface area contributed by atoms with E-state index in [1.807, 2.05) is 13.8 Å². The second-order valence-electron chi connectivity index (χ2n) is 6.89. The lowest BCUT2D eigenvalue weighted by molar-refractivity contribution is 0.0640. The minimum Gasteiger partial charge on any atom is -0.459 e. The van der Waals surface area contributed by atoms with Gasteiger partial charge in [-0.15, -0.1) is 0 Å². The first-order valence-electron chi connectivity index (χ1n) is 9.23. The minimum absolute atomic E-state index is 0.0604. The molecule has 0 bridgehead atoms. The third kappa shape index (κ3) is 4.70. The summed E-state index contributed by atoms with van der Waals surface area (Å²) in [5, 5.41) is 5.64. The number of amides is 4. The van der Waals surface area contributed by atoms with Crippen molar-refractivity contribution >= 4 is 23.5 Å². The van der Waals surface area contributed by atoms with Crippen LogP contribution in [0.1, 0.15) is 34.8 Å². The summed E-state index contributed by atoms with van der Waals surface area (Å²) >= 11 is 0. The molecule has 0 radical (unpaired) electrons. The summed E-state index contributed by atoms with van der Waals surface area (Å²) in [6, 6.07) is 9.88. The van der Waals surface area contributed by atoms with Crippen LogP contribution in [-0.4, -0.2) is 59.9 Å². The molecule has 1 saturated heterocycles. The van der Waals surface area contributed by atoms with Crippen LogP contribution in [0.5, 0.6) is 0 Å². The highest BCUT2D eigenvalue weighted by Gasteiger charge is 2.26. The van der Waals surface area contributed by atoms with Crippen LogP contribution in [0, 0.1) is 0 Å². The summed E-state index contributed by atoms with van der Waals surface area (Å²) in [6.45, 7) is 5.56. The average molecular weight is 384 g/mol. The van der Waals surface area contributed by atoms with Gasteiger partial charge in [-0.25, -0.2) is 4.79 Å². The maximum Gasteiger partial charge on any atom is 0.321 e. The van der Waals surface area contributed by atoms with E-state index in [9.17, 15) is 14.4 Å². The molecule has 1 aromatic carbocycles. The van der Waals surface area contributed by atoms with Gasteiger partial charge < -0.3 is 24.9 Å². The van der Waals surface area contributed by atoms with Gasteiger partial charge in [-0.2, -0.15) is 0 Å². The maximum absolute atomic E-state index is 12.5. The average Bonchev–Trinajstić information content (AvgIpc) is 3.22. The number of nitrogens with one attached hydrogen (secondary N) is 2. The van der Waals surface area contributed by atoms with Gasteiger partial charge in [-0.3, -0.25) is 9.59 Å². The molecule has 8 heteroatoms. The monoisotopic (exact) mass is 384 g/mol. The zero-order valence-electron chi connectivity index (χ0n) is 16.0. The van der Waals surface area contributed by atoms with E-state index in [2.05, 4.69) is 10.6 Å². The Morgan fingerprint density at radius 3 is 2.18 bits per heavy atom. The number of furan rings is 1. The van der Waals surface area contributed by atoms with Crippen LogP contribution >= 0.6 is 0 Å². The van der Waals surface area contributed by atoms with E-state index in [4.69, 9.17) is 4.42 Å². The number of piperazine rings is 1. The molecule has 2 N–H and O–H groups in total. The van der Waals surface area contributed by atoms with E-state index in [1.165, 1.54) is 6.26 Å². The van der Waals surface area contributed by atoms with Crippen LogP contribution in [0.15, 0.2) is 47.1 Å². The number of carbonyl (C=O) groups is 3. The van der Waals surface area contributed by atoms with E-state index >= 15 is 0 Å². The van der Waals surface area contributed by atoms with Crippen LogP contribution in [0.4, 0.5) is 10.5 Å². The zero-order valence-corrected chi connectivity index (χ0v) is 16.0. The highest BCUT2D eigenvalue weighted by molar-refractivity contribution is 5.96. The molecule has 1 aliphatic heterocycles. The summed E-state index contributed by atoms with van der Waals surface area (Å²) in [4.78, 5) is 40.0. The Morgan fingerprint density at radius 1 is 0.964 bits per heavy atom. The van der Waals surface area contributed by atoms with Gasteiger partial charge >= 0.3 is 6.03 Å². The van der Waals surface area contributed by atoms with E-state index in [-0.39, 0.29) is 23.9 Å². The fourth-order valence-electron chi connectivity index (χ4n) is 2.92. The Balaban J connectivity index is 1.50. The summed E-state index contributed by atoms with van der Waals surface area (Å²) < 4.78 is 5.14. The molecule has 0 spiro atoms. The van der Waals surface area contributed by atoms with Crippen molar-refractivity contribution in [3.05, 3.63) is 54.0 Å². The van der Waals surface area contributed by atoms with Gasteiger partial charge in [0.1, 0.15) is 0 Å². The molecule has 2 heterocycles. The molecule has 148 valence electrons. The van der Waals surface area contributed by atoms with Gasteiger partial charge in [0.25, 0.3) is 11.8 Å². The predicted octanol–water partition coefficient (Wildman–Crippen LogP) is 2.41. The first-order chi connectivity index (χ1) is 13.4. The largest absolute Gasteiger partial charge is 0.459 e. The fraction of sp³-hybridized carbons (Fsp3) is 0.350. The van der Waals surface area contributed by atoms with Crippen LogP contribution in [-0.2, 0) is 0 Å². The van der Waals surface area contributed by atoms with E-state index in [0.29, 0.717) is 43.2 Å². The Morgan fingerprint density at radius 2 is 1.61 bits per heavy atom. The highest BCUT2D eigenvalue weighted by atomic mass is 16.3. The van der Waals surface area contributed by atoms with Gasteiger partial charge in [0.05, 0.1) is 6.26 Å². The predicted molar refractivity (Wildman–Crippen MR) is 104 cm³/mol. The molecule has 3 rings (SSSR count). The van der Waals surface area contributed by atoms with Gasteiger partial charge in [-0.05, 0) is 50.2 Å². The SMILES string of the molecule is CC(C)NC(=O)c1ccc(NC(=O)N2CCN(C(=O)c3ccco3)CC2)cc1. The van der Waals surface area contributed by atoms with Gasteiger partial charge in [0, 0.05) is 43.5 Å². The van der Waals surface area contributed by atoms with Crippen molar-refractivity contribution < 1.29 is 18.8 Å². The first kappa shape index (κ1) is 19.5. The number of hydrogen-bond acceptors (Lipinski definition) is 4. The minimum atomic E-state index is -0.232. The quantitative estimate of drug-likeness (QED) is 0.846. The number of rotatable bonds is 4. The number of benzene rings is 1. The Hall–Kier alpha value is -3.29. The second-order valence-corrected chi connectivity index (χ2v) is 6.89. The fourth-order valence-corrected chi connectivity index (χ4v) is 2.92. The van der Waals surface area contributed by atoms with Crippen molar-refractivity contribution in [2.45, 2.75) is 19.9 Å². The Bertz CT molecular complexity index is 822. The number of nitrogens with zero attached hydrogens (tertiary/aromatic N) is 2. The molecule has 1 fully saturated rings. The van der Waals surface area contributed by atoms with Gasteiger partial charge in [0.15, 0.2) is 5.76 Å². The zero-order chi connectivity index (χ0) is 20.1. The van der Waals surface area contributed by atoms with E-state index in [0.717, 1.165) is 0 Å². The number of anilines is 1. The summed E-state index contributed by atoms with van der Waals surface area (Å²) in [5.41, 5.74) is 1.15. The van der Waals surface area contributed by atoms with Gasteiger partial charge in [0.2, 0.25) is 0 Å². The van der Waals surface area contributed by atoms with Crippen LogP contribution in [0.25, 0.3) is 0 Å². The van der Waals surface area contributed by atoms with Crippen molar-refractivity contribution in [1.29, 1.82) is 0 Å². The van der Waals surface area contributed by atoms with E-state index in [1.54, 1.807) is 46.2 Å². The van der Waals surface area contributed by atoms with Gasteiger partial charge in [-0.1, -0.05) is 0 Å². The molecule has 0 unspecified atom stereocenters. The standard InChI is InChI=1S/C20H24N4O4/c1-14(2)21-18(25)15-5-7-16(8-6-15)22-20(27)24-11-9-23(10-12-24)19(26)17-4-3-13-28-17/h3-8,13-14H,9-12H2,1-2H3,(H,21,25)(H,22,27). The molecule has 8 nitrogen and oxygen atoms in total. The molecule has 1 aliphatic rings. The van der Waals surface area contributed by atoms with Crippen molar-refractivity contribution in [3.8, 4) is 0 Å². The molecule has 4 amide bonds. The van der Waals surface area contributed by atoms with E-state index < -0.39 is 0 Å². The van der Waals surface area contributed by atoms with Crippen molar-refractivity contribution in [2.75, 3.05) is 31.5 Å². The normalized spacial score (nSPS) is 14.1. The number of carbonyl (C=O) groups excluding carboxylic acids is 3. The van der Waals surface area contributed by atoms with Crippen molar-refractivity contribution in [1.82, 2.24) is 15.1 Å². The molecule has 28 heavy (non-hydrogen) atoms. The molecule has 0 saturated carbocycles. The van der Waals surface area contributed by atoms with Crippen LogP contribution < -0.4 is 10.6 Å². The highest BCUT2D eigenvalue weighted by Crippen LogP contribution is 2.13. The maximum atomic E-state index is 12.5. The smallest absolute Gasteiger partial charge is 0.321 e. The Kier molecular flexibility index (Phi) is 5.98. The lowest BCUT2D eigenvalue weighted by atomic mass is 10.2. The van der Waals surface area contributed by atoms with Crippen molar-refractivity contribution in [2.24, 2.45) is 0 Å². The van der Waals surface area contributed by atoms with Crippen LogP contribution in [0.3, 0.4) is 0 Å². The second kappa shape index (κ2) is 8.60. The number of urea groups is 1. The van der Waals surface area contributed by atoms with Crippen LogP contribution in [0.2, 0.25) is 0 Å². The molecule has 0 aliphatic carbocycles. The molecule has 2 aromatic rings. The third-order valence-corrected chi connectivity index (χ3v) is 4.40.